The van der Waals surface area contributed by atoms with E-state index in [2.05, 4.69) is 5.32 Å². The fourth-order valence-electron chi connectivity index (χ4n) is 2.61. The molecule has 0 aliphatic carbocycles. The number of benzene rings is 2. The van der Waals surface area contributed by atoms with Crippen LogP contribution in [-0.2, 0) is 16.0 Å². The van der Waals surface area contributed by atoms with E-state index in [1.165, 1.54) is 0 Å². The van der Waals surface area contributed by atoms with Gasteiger partial charge in [-0.15, -0.1) is 0 Å². The van der Waals surface area contributed by atoms with Gasteiger partial charge in [-0.3, -0.25) is 14.5 Å². The van der Waals surface area contributed by atoms with Gasteiger partial charge in [0, 0.05) is 38.4 Å². The van der Waals surface area contributed by atoms with Gasteiger partial charge < -0.3 is 15.3 Å². The number of carbonyl (C=O) groups is 3. The molecular weight excluding hydrogens is 358 g/mol. The van der Waals surface area contributed by atoms with E-state index in [-0.39, 0.29) is 19.4 Å². The van der Waals surface area contributed by atoms with Crippen molar-refractivity contribution >= 4 is 29.3 Å². The molecule has 2 N–H and O–H groups in total. The van der Waals surface area contributed by atoms with Crippen LogP contribution in [0.15, 0.2) is 54.6 Å². The molecule has 0 heterocycles. The molecule has 2 rings (SSSR count). The Labute approximate surface area is 164 Å². The fraction of sp³-hybridized carbons (Fsp3) is 0.286. The average molecular weight is 383 g/mol. The van der Waals surface area contributed by atoms with Gasteiger partial charge in [0.2, 0.25) is 5.91 Å². The van der Waals surface area contributed by atoms with E-state index in [1.54, 1.807) is 12.1 Å². The number of aliphatic carboxylic acids is 1. The molecule has 0 bridgehead atoms. The van der Waals surface area contributed by atoms with Crippen LogP contribution in [0.5, 0.6) is 0 Å². The normalized spacial score (nSPS) is 10.2. The second-order valence-corrected chi connectivity index (χ2v) is 6.55. The van der Waals surface area contributed by atoms with E-state index in [4.69, 9.17) is 5.11 Å². The van der Waals surface area contributed by atoms with Gasteiger partial charge >= 0.3 is 12.0 Å². The van der Waals surface area contributed by atoms with Crippen molar-refractivity contribution in [2.75, 3.05) is 30.9 Å². The maximum atomic E-state index is 12.7. The zero-order valence-corrected chi connectivity index (χ0v) is 16.1. The molecule has 0 saturated carbocycles. The Bertz CT molecular complexity index is 804. The molecule has 28 heavy (non-hydrogen) atoms. The second-order valence-electron chi connectivity index (χ2n) is 6.55. The molecule has 0 aromatic heterocycles. The molecule has 0 saturated heterocycles. The zero-order chi connectivity index (χ0) is 20.5. The van der Waals surface area contributed by atoms with Crippen molar-refractivity contribution in [3.63, 3.8) is 0 Å². The number of amides is 3. The average Bonchev–Trinajstić information content (AvgIpc) is 2.67. The largest absolute Gasteiger partial charge is 0.481 e. The molecule has 0 unspecified atom stereocenters. The molecule has 148 valence electrons. The Balaban J connectivity index is 2.08. The maximum Gasteiger partial charge on any atom is 0.328 e. The van der Waals surface area contributed by atoms with Crippen LogP contribution in [0, 0.1) is 0 Å². The highest BCUT2D eigenvalue weighted by Gasteiger charge is 2.22. The van der Waals surface area contributed by atoms with Crippen molar-refractivity contribution in [1.29, 1.82) is 0 Å². The van der Waals surface area contributed by atoms with Crippen LogP contribution in [0.1, 0.15) is 18.4 Å². The van der Waals surface area contributed by atoms with E-state index in [0.717, 1.165) is 16.2 Å². The lowest BCUT2D eigenvalue weighted by Crippen LogP contribution is -2.41. The predicted molar refractivity (Wildman–Crippen MR) is 109 cm³/mol. The number of imide groups is 1. The number of anilines is 2. The second kappa shape index (κ2) is 10.1. The summed E-state index contributed by atoms with van der Waals surface area (Å²) < 4.78 is 0. The molecule has 2 aromatic carbocycles. The molecule has 0 atom stereocenters. The smallest absolute Gasteiger partial charge is 0.328 e. The van der Waals surface area contributed by atoms with E-state index >= 15 is 0 Å². The minimum atomic E-state index is -1.07. The van der Waals surface area contributed by atoms with Crippen LogP contribution >= 0.6 is 0 Å². The monoisotopic (exact) mass is 383 g/mol. The lowest BCUT2D eigenvalue weighted by atomic mass is 10.1. The van der Waals surface area contributed by atoms with Gasteiger partial charge in [-0.2, -0.15) is 0 Å². The van der Waals surface area contributed by atoms with Crippen molar-refractivity contribution in [2.24, 2.45) is 0 Å². The van der Waals surface area contributed by atoms with Crippen LogP contribution in [-0.4, -0.2) is 48.6 Å². The van der Waals surface area contributed by atoms with Crippen molar-refractivity contribution in [1.82, 2.24) is 4.90 Å². The van der Waals surface area contributed by atoms with Crippen molar-refractivity contribution in [3.8, 4) is 0 Å². The van der Waals surface area contributed by atoms with Crippen LogP contribution in [0.4, 0.5) is 16.2 Å². The van der Waals surface area contributed by atoms with Gasteiger partial charge in [0.05, 0.1) is 6.42 Å². The van der Waals surface area contributed by atoms with Crippen LogP contribution in [0.2, 0.25) is 0 Å². The number of carbonyl (C=O) groups excluding carboxylic acids is 2. The first-order chi connectivity index (χ1) is 13.4. The van der Waals surface area contributed by atoms with Gasteiger partial charge in [0.25, 0.3) is 0 Å². The number of nitrogens with zero attached hydrogens (tertiary/aromatic N) is 2. The number of hydrogen-bond acceptors (Lipinski definition) is 4. The Morgan fingerprint density at radius 1 is 0.929 bits per heavy atom. The summed E-state index contributed by atoms with van der Waals surface area (Å²) in [6.07, 6.45) is -0.0464. The van der Waals surface area contributed by atoms with E-state index in [9.17, 15) is 14.4 Å². The first-order valence-corrected chi connectivity index (χ1v) is 9.01. The first kappa shape index (κ1) is 21.0. The highest BCUT2D eigenvalue weighted by molar-refractivity contribution is 6.01. The topological polar surface area (TPSA) is 90.0 Å². The van der Waals surface area contributed by atoms with E-state index in [0.29, 0.717) is 12.1 Å². The summed E-state index contributed by atoms with van der Waals surface area (Å²) in [5, 5.41) is 11.5. The van der Waals surface area contributed by atoms with Gasteiger partial charge in [0.15, 0.2) is 0 Å². The SMILES string of the molecule is CN(C)c1ccc(NC(=O)N(CCc2ccccc2)C(=O)CCC(=O)O)cc1. The molecule has 0 radical (unpaired) electrons. The zero-order valence-electron chi connectivity index (χ0n) is 16.1. The molecule has 3 amide bonds. The summed E-state index contributed by atoms with van der Waals surface area (Å²) in [4.78, 5) is 38.9. The van der Waals surface area contributed by atoms with Crippen LogP contribution < -0.4 is 10.2 Å². The highest BCUT2D eigenvalue weighted by atomic mass is 16.4. The lowest BCUT2D eigenvalue weighted by Gasteiger charge is -2.21. The Morgan fingerprint density at radius 2 is 1.57 bits per heavy atom. The summed E-state index contributed by atoms with van der Waals surface area (Å²) >= 11 is 0. The molecule has 7 heteroatoms. The molecular formula is C21H25N3O4. The Hall–Kier alpha value is -3.35. The minimum Gasteiger partial charge on any atom is -0.481 e. The predicted octanol–water partition coefficient (Wildman–Crippen LogP) is 3.22. The Morgan fingerprint density at radius 3 is 2.14 bits per heavy atom. The number of hydrogen-bond donors (Lipinski definition) is 2. The maximum absolute atomic E-state index is 12.7. The number of carboxylic acid groups (broad SMARTS) is 1. The van der Waals surface area contributed by atoms with Crippen LogP contribution in [0.3, 0.4) is 0 Å². The number of nitrogens with one attached hydrogen (secondary N) is 1. The van der Waals surface area contributed by atoms with Gasteiger partial charge in [0.1, 0.15) is 0 Å². The quantitative estimate of drug-likeness (QED) is 0.730. The number of urea groups is 1. The standard InChI is InChI=1S/C21H25N3O4/c1-23(2)18-10-8-17(9-11-18)22-21(28)24(19(25)12-13-20(26)27)15-14-16-6-4-3-5-7-16/h3-11H,12-15H2,1-2H3,(H,22,28)(H,26,27). The third kappa shape index (κ3) is 6.42. The molecule has 0 aliphatic rings. The number of carboxylic acids is 1. The molecule has 0 spiro atoms. The lowest BCUT2D eigenvalue weighted by molar-refractivity contribution is -0.140. The summed E-state index contributed by atoms with van der Waals surface area (Å²) in [7, 11) is 3.83. The van der Waals surface area contributed by atoms with E-state index in [1.807, 2.05) is 61.5 Å². The molecule has 0 fully saturated rings. The van der Waals surface area contributed by atoms with Gasteiger partial charge in [-0.1, -0.05) is 30.3 Å². The Kier molecular flexibility index (Phi) is 7.56. The minimum absolute atomic E-state index is 0.171. The van der Waals surface area contributed by atoms with Crippen molar-refractivity contribution in [2.45, 2.75) is 19.3 Å². The molecule has 2 aromatic rings. The van der Waals surface area contributed by atoms with Crippen molar-refractivity contribution in [3.05, 3.63) is 60.2 Å². The van der Waals surface area contributed by atoms with E-state index < -0.39 is 17.9 Å². The number of rotatable bonds is 8. The van der Waals surface area contributed by atoms with Gasteiger partial charge in [-0.25, -0.2) is 4.79 Å². The summed E-state index contributed by atoms with van der Waals surface area (Å²) in [6, 6.07) is 16.2. The fourth-order valence-corrected chi connectivity index (χ4v) is 2.61. The third-order valence-corrected chi connectivity index (χ3v) is 4.20. The highest BCUT2D eigenvalue weighted by Crippen LogP contribution is 2.16. The summed E-state index contributed by atoms with van der Waals surface area (Å²) in [5.74, 6) is -1.59. The first-order valence-electron chi connectivity index (χ1n) is 9.01. The summed E-state index contributed by atoms with van der Waals surface area (Å²) in [6.45, 7) is 0.171. The van der Waals surface area contributed by atoms with Gasteiger partial charge in [-0.05, 0) is 36.2 Å². The summed E-state index contributed by atoms with van der Waals surface area (Å²) in [5.41, 5.74) is 2.53. The molecule has 7 nitrogen and oxygen atoms in total. The molecule has 0 aliphatic heterocycles. The van der Waals surface area contributed by atoms with Crippen LogP contribution in [0.25, 0.3) is 0 Å². The third-order valence-electron chi connectivity index (χ3n) is 4.20. The van der Waals surface area contributed by atoms with Crippen molar-refractivity contribution < 1.29 is 19.5 Å².